The van der Waals surface area contributed by atoms with Crippen molar-refractivity contribution in [1.82, 2.24) is 10.2 Å². The summed E-state index contributed by atoms with van der Waals surface area (Å²) in [5, 5.41) is 3.42. The number of amides is 2. The van der Waals surface area contributed by atoms with E-state index in [2.05, 4.69) is 21.2 Å². The van der Waals surface area contributed by atoms with Crippen molar-refractivity contribution < 1.29 is 14.3 Å². The van der Waals surface area contributed by atoms with Crippen LogP contribution in [0.25, 0.3) is 0 Å². The number of hydrogen-bond donors (Lipinski definition) is 1. The molecule has 0 saturated heterocycles. The number of ether oxygens (including phenoxy) is 1. The molecule has 1 N–H and O–H groups in total. The fraction of sp³-hybridized carbons (Fsp3) is 0.333. The van der Waals surface area contributed by atoms with Crippen molar-refractivity contribution in [2.75, 3.05) is 13.2 Å². The molecule has 7 heteroatoms. The topological polar surface area (TPSA) is 58.6 Å². The highest BCUT2D eigenvalue weighted by atomic mass is 79.9. The van der Waals surface area contributed by atoms with Crippen LogP contribution in [-0.2, 0) is 16.1 Å². The second-order valence-corrected chi connectivity index (χ2v) is 7.71. The molecule has 0 aliphatic carbocycles. The molecule has 2 aromatic rings. The van der Waals surface area contributed by atoms with Crippen molar-refractivity contribution in [2.45, 2.75) is 32.9 Å². The van der Waals surface area contributed by atoms with Gasteiger partial charge in [-0.1, -0.05) is 46.6 Å². The Morgan fingerprint density at radius 1 is 1.21 bits per heavy atom. The highest BCUT2D eigenvalue weighted by Crippen LogP contribution is 2.18. The predicted molar refractivity (Wildman–Crippen MR) is 114 cm³/mol. The van der Waals surface area contributed by atoms with Crippen LogP contribution in [-0.4, -0.2) is 35.9 Å². The lowest BCUT2D eigenvalue weighted by molar-refractivity contribution is -0.142. The molecular formula is C21H24BrClN2O3. The van der Waals surface area contributed by atoms with Gasteiger partial charge in [0.15, 0.2) is 6.61 Å². The van der Waals surface area contributed by atoms with E-state index in [-0.39, 0.29) is 25.0 Å². The molecule has 2 aromatic carbocycles. The third kappa shape index (κ3) is 6.84. The Hall–Kier alpha value is -2.05. The van der Waals surface area contributed by atoms with Crippen molar-refractivity contribution in [2.24, 2.45) is 0 Å². The molecule has 0 heterocycles. The van der Waals surface area contributed by atoms with Gasteiger partial charge in [0.1, 0.15) is 11.8 Å². The Balaban J connectivity index is 2.12. The molecule has 0 aliphatic heterocycles. The highest BCUT2D eigenvalue weighted by Gasteiger charge is 2.26. The first-order chi connectivity index (χ1) is 13.4. The molecule has 0 fully saturated rings. The monoisotopic (exact) mass is 466 g/mol. The second kappa shape index (κ2) is 11.1. The zero-order chi connectivity index (χ0) is 20.5. The van der Waals surface area contributed by atoms with Crippen molar-refractivity contribution in [3.63, 3.8) is 0 Å². The van der Waals surface area contributed by atoms with Crippen LogP contribution in [0.3, 0.4) is 0 Å². The molecule has 28 heavy (non-hydrogen) atoms. The predicted octanol–water partition coefficient (Wildman–Crippen LogP) is 4.42. The summed E-state index contributed by atoms with van der Waals surface area (Å²) in [6.45, 7) is 4.37. The van der Waals surface area contributed by atoms with E-state index in [1.54, 1.807) is 31.2 Å². The van der Waals surface area contributed by atoms with Gasteiger partial charge in [0.25, 0.3) is 5.91 Å². The average Bonchev–Trinajstić information content (AvgIpc) is 2.69. The average molecular weight is 468 g/mol. The van der Waals surface area contributed by atoms with Crippen LogP contribution in [0.2, 0.25) is 5.02 Å². The van der Waals surface area contributed by atoms with E-state index in [1.807, 2.05) is 31.2 Å². The van der Waals surface area contributed by atoms with Gasteiger partial charge in [0.05, 0.1) is 0 Å². The number of rotatable bonds is 9. The van der Waals surface area contributed by atoms with Crippen LogP contribution >= 0.6 is 27.5 Å². The van der Waals surface area contributed by atoms with Crippen LogP contribution in [0, 0.1) is 0 Å². The highest BCUT2D eigenvalue weighted by molar-refractivity contribution is 9.10. The molecule has 0 aliphatic rings. The number of nitrogens with one attached hydrogen (secondary N) is 1. The Labute approximate surface area is 179 Å². The molecule has 0 saturated carbocycles. The molecule has 2 rings (SSSR count). The van der Waals surface area contributed by atoms with Gasteiger partial charge in [-0.3, -0.25) is 9.59 Å². The Morgan fingerprint density at radius 2 is 1.93 bits per heavy atom. The van der Waals surface area contributed by atoms with Crippen molar-refractivity contribution in [3.8, 4) is 5.75 Å². The van der Waals surface area contributed by atoms with E-state index in [0.717, 1.165) is 16.5 Å². The molecule has 150 valence electrons. The van der Waals surface area contributed by atoms with E-state index in [4.69, 9.17) is 16.3 Å². The lowest BCUT2D eigenvalue weighted by Gasteiger charge is -2.28. The van der Waals surface area contributed by atoms with Gasteiger partial charge in [-0.05, 0) is 55.3 Å². The van der Waals surface area contributed by atoms with Crippen LogP contribution in [0.15, 0.2) is 53.0 Å². The molecule has 1 atom stereocenters. The van der Waals surface area contributed by atoms with Crippen molar-refractivity contribution in [1.29, 1.82) is 0 Å². The first kappa shape index (κ1) is 22.2. The Morgan fingerprint density at radius 3 is 2.57 bits per heavy atom. The summed E-state index contributed by atoms with van der Waals surface area (Å²) >= 11 is 9.42. The minimum atomic E-state index is -0.633. The fourth-order valence-electron chi connectivity index (χ4n) is 2.57. The van der Waals surface area contributed by atoms with Gasteiger partial charge < -0.3 is 15.0 Å². The third-order valence-electron chi connectivity index (χ3n) is 4.13. The van der Waals surface area contributed by atoms with Gasteiger partial charge in [0.2, 0.25) is 5.91 Å². The van der Waals surface area contributed by atoms with Gasteiger partial charge in [0, 0.05) is 22.6 Å². The van der Waals surface area contributed by atoms with E-state index in [9.17, 15) is 9.59 Å². The molecular weight excluding hydrogens is 444 g/mol. The lowest BCUT2D eigenvalue weighted by Crippen LogP contribution is -2.49. The number of carbonyl (C=O) groups is 2. The zero-order valence-corrected chi connectivity index (χ0v) is 18.3. The number of hydrogen-bond acceptors (Lipinski definition) is 3. The second-order valence-electron chi connectivity index (χ2n) is 6.36. The summed E-state index contributed by atoms with van der Waals surface area (Å²) in [4.78, 5) is 26.8. The number of halogens is 2. The van der Waals surface area contributed by atoms with Crippen LogP contribution in [0.5, 0.6) is 5.75 Å². The summed E-state index contributed by atoms with van der Waals surface area (Å²) in [7, 11) is 0. The fourth-order valence-corrected chi connectivity index (χ4v) is 3.05. The first-order valence-electron chi connectivity index (χ1n) is 9.10. The normalized spacial score (nSPS) is 11.6. The largest absolute Gasteiger partial charge is 0.484 e. The maximum Gasteiger partial charge on any atom is 0.261 e. The lowest BCUT2D eigenvalue weighted by atomic mass is 10.1. The third-order valence-corrected chi connectivity index (χ3v) is 4.90. The van der Waals surface area contributed by atoms with Gasteiger partial charge >= 0.3 is 0 Å². The molecule has 0 unspecified atom stereocenters. The van der Waals surface area contributed by atoms with Gasteiger partial charge in [-0.15, -0.1) is 0 Å². The molecule has 2 amide bonds. The van der Waals surface area contributed by atoms with E-state index in [1.165, 1.54) is 4.90 Å². The summed E-state index contributed by atoms with van der Waals surface area (Å²) < 4.78 is 6.53. The van der Waals surface area contributed by atoms with Crippen molar-refractivity contribution in [3.05, 3.63) is 63.6 Å². The van der Waals surface area contributed by atoms with Crippen LogP contribution in [0.1, 0.15) is 25.8 Å². The molecule has 0 spiro atoms. The van der Waals surface area contributed by atoms with Crippen LogP contribution < -0.4 is 10.1 Å². The molecule has 0 radical (unpaired) electrons. The molecule has 5 nitrogen and oxygen atoms in total. The Kier molecular flexibility index (Phi) is 8.80. The minimum Gasteiger partial charge on any atom is -0.484 e. The van der Waals surface area contributed by atoms with Crippen LogP contribution in [0.4, 0.5) is 0 Å². The standard InChI is InChI=1S/C21H24BrClN2O3/c1-3-11-24-21(27)15(2)25(13-16-5-4-6-18(23)12-16)20(26)14-28-19-9-7-17(22)8-10-19/h4-10,12,15H,3,11,13-14H2,1-2H3,(H,24,27)/t15-/m0/s1. The van der Waals surface area contributed by atoms with Crippen molar-refractivity contribution >= 4 is 39.3 Å². The summed E-state index contributed by atoms with van der Waals surface area (Å²) in [6.07, 6.45) is 0.827. The summed E-state index contributed by atoms with van der Waals surface area (Å²) in [5.41, 5.74) is 0.847. The SMILES string of the molecule is CCCNC(=O)[C@H](C)N(Cc1cccc(Cl)c1)C(=O)COc1ccc(Br)cc1. The van der Waals surface area contributed by atoms with Gasteiger partial charge in [-0.25, -0.2) is 0 Å². The van der Waals surface area contributed by atoms with E-state index in [0.29, 0.717) is 17.3 Å². The minimum absolute atomic E-state index is 0.159. The maximum absolute atomic E-state index is 12.9. The number of carbonyl (C=O) groups excluding carboxylic acids is 2. The zero-order valence-electron chi connectivity index (χ0n) is 16.0. The Bertz CT molecular complexity index is 798. The first-order valence-corrected chi connectivity index (χ1v) is 10.3. The summed E-state index contributed by atoms with van der Waals surface area (Å²) in [5.74, 6) is 0.116. The van der Waals surface area contributed by atoms with Gasteiger partial charge in [-0.2, -0.15) is 0 Å². The summed E-state index contributed by atoms with van der Waals surface area (Å²) in [6, 6.07) is 13.8. The molecule has 0 aromatic heterocycles. The molecule has 0 bridgehead atoms. The maximum atomic E-state index is 12.9. The van der Waals surface area contributed by atoms with E-state index < -0.39 is 6.04 Å². The number of benzene rings is 2. The number of nitrogens with zero attached hydrogens (tertiary/aromatic N) is 1. The quantitative estimate of drug-likeness (QED) is 0.594. The van der Waals surface area contributed by atoms with E-state index >= 15 is 0 Å². The smallest absolute Gasteiger partial charge is 0.261 e.